The van der Waals surface area contributed by atoms with E-state index < -0.39 is 0 Å². The number of hydrogen-bond donors (Lipinski definition) is 0. The zero-order valence-corrected chi connectivity index (χ0v) is 12.5. The molecule has 21 heavy (non-hydrogen) atoms. The lowest BCUT2D eigenvalue weighted by molar-refractivity contribution is 0.0924. The Labute approximate surface area is 129 Å². The number of halogens is 1. The average Bonchev–Trinajstić information content (AvgIpc) is 2.78. The maximum absolute atomic E-state index is 12.4. The molecule has 4 nitrogen and oxygen atoms in total. The number of carbonyl (C=O) groups is 3. The Bertz CT molecular complexity index is 735. The van der Waals surface area contributed by atoms with Crippen molar-refractivity contribution in [1.82, 2.24) is 0 Å². The number of alkyl halides is 1. The minimum absolute atomic E-state index is 0.103. The van der Waals surface area contributed by atoms with Crippen LogP contribution in [0.15, 0.2) is 48.5 Å². The number of carbonyl (C=O) groups excluding carboxylic acids is 3. The van der Waals surface area contributed by atoms with Gasteiger partial charge in [-0.15, -0.1) is 0 Å². The summed E-state index contributed by atoms with van der Waals surface area (Å²) < 4.78 is 0. The average molecular weight is 344 g/mol. The Morgan fingerprint density at radius 1 is 0.952 bits per heavy atom. The molecule has 2 aromatic carbocycles. The van der Waals surface area contributed by atoms with Crippen molar-refractivity contribution in [2.75, 3.05) is 10.2 Å². The molecule has 0 atom stereocenters. The SMILES string of the molecule is O=C(CBr)c1cccc(N2C(=O)c3ccccc3C2=O)c1. The number of fused-ring (bicyclic) bond motifs is 1. The van der Waals surface area contributed by atoms with Gasteiger partial charge in [0.2, 0.25) is 0 Å². The topological polar surface area (TPSA) is 54.5 Å². The highest BCUT2D eigenvalue weighted by Gasteiger charge is 2.36. The van der Waals surface area contributed by atoms with Crippen LogP contribution in [0, 0.1) is 0 Å². The first-order valence-electron chi connectivity index (χ1n) is 6.30. The predicted octanol–water partition coefficient (Wildman–Crippen LogP) is 3.06. The van der Waals surface area contributed by atoms with E-state index in [4.69, 9.17) is 0 Å². The summed E-state index contributed by atoms with van der Waals surface area (Å²) in [5, 5.41) is 0.193. The maximum Gasteiger partial charge on any atom is 0.266 e. The summed E-state index contributed by atoms with van der Waals surface area (Å²) in [6.07, 6.45) is 0. The van der Waals surface area contributed by atoms with E-state index in [9.17, 15) is 14.4 Å². The number of amides is 2. The lowest BCUT2D eigenvalue weighted by Gasteiger charge is -2.14. The molecule has 5 heteroatoms. The standard InChI is InChI=1S/C16H10BrNO3/c17-9-14(19)10-4-3-5-11(8-10)18-15(20)12-6-1-2-7-13(12)16(18)21/h1-8H,9H2. The third-order valence-corrected chi connectivity index (χ3v) is 3.85. The molecule has 0 saturated carbocycles. The van der Waals surface area contributed by atoms with Crippen LogP contribution < -0.4 is 4.90 Å². The van der Waals surface area contributed by atoms with Gasteiger partial charge in [0.15, 0.2) is 5.78 Å². The van der Waals surface area contributed by atoms with E-state index >= 15 is 0 Å². The van der Waals surface area contributed by atoms with Crippen LogP contribution in [-0.2, 0) is 0 Å². The van der Waals surface area contributed by atoms with Crippen molar-refractivity contribution in [2.24, 2.45) is 0 Å². The van der Waals surface area contributed by atoms with Crippen LogP contribution in [0.5, 0.6) is 0 Å². The fourth-order valence-electron chi connectivity index (χ4n) is 2.32. The Hall–Kier alpha value is -2.27. The number of benzene rings is 2. The Kier molecular flexibility index (Phi) is 3.43. The van der Waals surface area contributed by atoms with Crippen LogP contribution >= 0.6 is 15.9 Å². The van der Waals surface area contributed by atoms with Crippen molar-refractivity contribution in [3.05, 3.63) is 65.2 Å². The summed E-state index contributed by atoms with van der Waals surface area (Å²) in [5.74, 6) is -0.827. The van der Waals surface area contributed by atoms with Gasteiger partial charge in [0, 0.05) is 5.56 Å². The van der Waals surface area contributed by atoms with E-state index in [0.29, 0.717) is 22.4 Å². The molecule has 1 aliphatic heterocycles. The number of Topliss-reactive ketones (excluding diaryl/α,β-unsaturated/α-hetero) is 1. The van der Waals surface area contributed by atoms with E-state index in [1.165, 1.54) is 0 Å². The molecule has 0 aromatic heterocycles. The molecule has 0 saturated heterocycles. The quantitative estimate of drug-likeness (QED) is 0.489. The van der Waals surface area contributed by atoms with Gasteiger partial charge < -0.3 is 0 Å². The minimum atomic E-state index is -0.362. The molecule has 0 unspecified atom stereocenters. The molecule has 2 amide bonds. The lowest BCUT2D eigenvalue weighted by atomic mass is 10.1. The summed E-state index contributed by atoms with van der Waals surface area (Å²) in [6.45, 7) is 0. The molecule has 0 bridgehead atoms. The van der Waals surface area contributed by atoms with Crippen LogP contribution in [0.4, 0.5) is 5.69 Å². The van der Waals surface area contributed by atoms with E-state index in [1.54, 1.807) is 48.5 Å². The number of rotatable bonds is 3. The second-order valence-corrected chi connectivity index (χ2v) is 5.16. The molecular formula is C16H10BrNO3. The zero-order valence-electron chi connectivity index (χ0n) is 10.9. The summed E-state index contributed by atoms with van der Waals surface area (Å²) in [5.41, 5.74) is 1.65. The summed E-state index contributed by atoms with van der Waals surface area (Å²) >= 11 is 3.11. The number of hydrogen-bond acceptors (Lipinski definition) is 3. The van der Waals surface area contributed by atoms with Crippen LogP contribution in [0.1, 0.15) is 31.1 Å². The highest BCUT2D eigenvalue weighted by molar-refractivity contribution is 9.09. The van der Waals surface area contributed by atoms with Gasteiger partial charge in [-0.25, -0.2) is 4.90 Å². The van der Waals surface area contributed by atoms with E-state index in [2.05, 4.69) is 15.9 Å². The zero-order chi connectivity index (χ0) is 15.0. The van der Waals surface area contributed by atoms with Crippen molar-refractivity contribution in [2.45, 2.75) is 0 Å². The fourth-order valence-corrected chi connectivity index (χ4v) is 2.64. The van der Waals surface area contributed by atoms with E-state index in [0.717, 1.165) is 4.90 Å². The molecule has 0 N–H and O–H groups in total. The van der Waals surface area contributed by atoms with Gasteiger partial charge in [-0.1, -0.05) is 40.2 Å². The van der Waals surface area contributed by atoms with Gasteiger partial charge in [0.05, 0.1) is 22.1 Å². The Morgan fingerprint density at radius 2 is 1.57 bits per heavy atom. The van der Waals surface area contributed by atoms with Gasteiger partial charge >= 0.3 is 0 Å². The number of ketones is 1. The molecule has 1 aliphatic rings. The van der Waals surface area contributed by atoms with Crippen molar-refractivity contribution in [1.29, 1.82) is 0 Å². The summed E-state index contributed by atoms with van der Waals surface area (Å²) in [4.78, 5) is 37.6. The van der Waals surface area contributed by atoms with E-state index in [1.807, 2.05) is 0 Å². The van der Waals surface area contributed by atoms with Crippen LogP contribution in [-0.4, -0.2) is 22.9 Å². The molecule has 0 fully saturated rings. The molecule has 3 rings (SSSR count). The second-order valence-electron chi connectivity index (χ2n) is 4.60. The summed E-state index contributed by atoms with van der Waals surface area (Å²) in [7, 11) is 0. The van der Waals surface area contributed by atoms with Crippen molar-refractivity contribution >= 4 is 39.2 Å². The van der Waals surface area contributed by atoms with Crippen LogP contribution in [0.25, 0.3) is 0 Å². The Morgan fingerprint density at radius 3 is 2.14 bits per heavy atom. The highest BCUT2D eigenvalue weighted by atomic mass is 79.9. The molecule has 0 aliphatic carbocycles. The third-order valence-electron chi connectivity index (χ3n) is 3.34. The first kappa shape index (κ1) is 13.7. The molecular weight excluding hydrogens is 334 g/mol. The van der Waals surface area contributed by atoms with E-state index in [-0.39, 0.29) is 22.9 Å². The van der Waals surface area contributed by atoms with Crippen molar-refractivity contribution < 1.29 is 14.4 Å². The number of nitrogens with zero attached hydrogens (tertiary/aromatic N) is 1. The van der Waals surface area contributed by atoms with Crippen LogP contribution in [0.2, 0.25) is 0 Å². The van der Waals surface area contributed by atoms with Crippen molar-refractivity contribution in [3.8, 4) is 0 Å². The van der Waals surface area contributed by atoms with Crippen molar-refractivity contribution in [3.63, 3.8) is 0 Å². The predicted molar refractivity (Wildman–Crippen MR) is 82.1 cm³/mol. The number of imide groups is 1. The summed E-state index contributed by atoms with van der Waals surface area (Å²) in [6, 6.07) is 13.2. The first-order valence-corrected chi connectivity index (χ1v) is 7.42. The van der Waals surface area contributed by atoms with Crippen LogP contribution in [0.3, 0.4) is 0 Å². The largest absolute Gasteiger partial charge is 0.293 e. The first-order chi connectivity index (χ1) is 10.1. The Balaban J connectivity index is 2.05. The third kappa shape index (κ3) is 2.19. The smallest absolute Gasteiger partial charge is 0.266 e. The molecule has 0 radical (unpaired) electrons. The van der Waals surface area contributed by atoms with Gasteiger partial charge in [-0.3, -0.25) is 14.4 Å². The van der Waals surface area contributed by atoms with Gasteiger partial charge in [0.25, 0.3) is 11.8 Å². The molecule has 2 aromatic rings. The molecule has 104 valence electrons. The molecule has 0 spiro atoms. The lowest BCUT2D eigenvalue weighted by Crippen LogP contribution is -2.29. The molecule has 1 heterocycles. The maximum atomic E-state index is 12.4. The number of anilines is 1. The van der Waals surface area contributed by atoms with Gasteiger partial charge in [0.1, 0.15) is 0 Å². The monoisotopic (exact) mass is 343 g/mol. The fraction of sp³-hybridized carbons (Fsp3) is 0.0625. The second kappa shape index (κ2) is 5.26. The minimum Gasteiger partial charge on any atom is -0.293 e. The highest BCUT2D eigenvalue weighted by Crippen LogP contribution is 2.28. The van der Waals surface area contributed by atoms with Gasteiger partial charge in [-0.2, -0.15) is 0 Å². The normalized spacial score (nSPS) is 13.5. The van der Waals surface area contributed by atoms with Gasteiger partial charge in [-0.05, 0) is 24.3 Å².